The summed E-state index contributed by atoms with van der Waals surface area (Å²) in [6, 6.07) is 3.01. The Balaban J connectivity index is 2.98. The minimum atomic E-state index is -3.47. The summed E-state index contributed by atoms with van der Waals surface area (Å²) in [6.45, 7) is 1.01. The largest absolute Gasteiger partial charge is 0.394 e. The van der Waals surface area contributed by atoms with Crippen molar-refractivity contribution in [2.24, 2.45) is 0 Å². The van der Waals surface area contributed by atoms with Gasteiger partial charge in [-0.05, 0) is 24.6 Å². The molecule has 0 fully saturated rings. The lowest BCUT2D eigenvalue weighted by Crippen LogP contribution is -2.32. The average Bonchev–Trinajstić information content (AvgIpc) is 2.30. The summed E-state index contributed by atoms with van der Waals surface area (Å²) >= 11 is 5.51. The van der Waals surface area contributed by atoms with Crippen molar-refractivity contribution in [2.45, 2.75) is 13.0 Å². The average molecular weight is 282 g/mol. The summed E-state index contributed by atoms with van der Waals surface area (Å²) in [4.78, 5) is 0. The van der Waals surface area contributed by atoms with Crippen molar-refractivity contribution in [3.63, 3.8) is 0 Å². The van der Waals surface area contributed by atoms with E-state index in [2.05, 4.69) is 4.72 Å². The lowest BCUT2D eigenvalue weighted by atomic mass is 10.1. The molecule has 2 N–H and O–H groups in total. The monoisotopic (exact) mass is 281 g/mol. The van der Waals surface area contributed by atoms with E-state index in [4.69, 9.17) is 16.7 Å². The van der Waals surface area contributed by atoms with E-state index in [-0.39, 0.29) is 10.8 Å². The van der Waals surface area contributed by atoms with Crippen molar-refractivity contribution >= 4 is 21.6 Å². The van der Waals surface area contributed by atoms with Gasteiger partial charge in [0.2, 0.25) is 10.0 Å². The zero-order valence-corrected chi connectivity index (χ0v) is 10.7. The molecule has 0 saturated heterocycles. The van der Waals surface area contributed by atoms with Crippen LogP contribution in [0.25, 0.3) is 0 Å². The van der Waals surface area contributed by atoms with Crippen molar-refractivity contribution in [1.29, 1.82) is 0 Å². The molecular weight excluding hydrogens is 269 g/mol. The Bertz CT molecular complexity index is 492. The molecule has 0 bridgehead atoms. The van der Waals surface area contributed by atoms with E-state index < -0.39 is 28.5 Å². The number of aliphatic hydroxyl groups is 1. The van der Waals surface area contributed by atoms with Crippen LogP contribution in [0.3, 0.4) is 0 Å². The Labute approximate surface area is 104 Å². The Hall–Kier alpha value is -0.690. The molecule has 0 saturated carbocycles. The zero-order valence-electron chi connectivity index (χ0n) is 9.15. The third kappa shape index (κ3) is 3.92. The van der Waals surface area contributed by atoms with E-state index in [1.165, 1.54) is 19.1 Å². The van der Waals surface area contributed by atoms with Gasteiger partial charge in [0.05, 0.1) is 23.4 Å². The molecule has 1 rings (SSSR count). The number of hydrogen-bond donors (Lipinski definition) is 2. The predicted octanol–water partition coefficient (Wildman–Crippen LogP) is 1.45. The third-order valence-corrected chi connectivity index (χ3v) is 3.94. The van der Waals surface area contributed by atoms with Gasteiger partial charge in [-0.15, -0.1) is 0 Å². The number of nitrogens with one attached hydrogen (secondary N) is 1. The molecule has 7 heteroatoms. The summed E-state index contributed by atoms with van der Waals surface area (Å²) in [5.41, 5.74) is 0.325. The standard InChI is InChI=1S/C10H13ClFNO3S/c1-2-17(15,16)13-10(6-14)7-3-4-8(11)9(12)5-7/h3-5,10,13-14H,2,6H2,1H3. The highest BCUT2D eigenvalue weighted by molar-refractivity contribution is 7.89. The van der Waals surface area contributed by atoms with Crippen molar-refractivity contribution in [3.05, 3.63) is 34.6 Å². The van der Waals surface area contributed by atoms with Crippen LogP contribution in [-0.4, -0.2) is 25.9 Å². The second-order valence-corrected chi connectivity index (χ2v) is 5.88. The van der Waals surface area contributed by atoms with Crippen LogP contribution in [0.5, 0.6) is 0 Å². The molecule has 0 aromatic heterocycles. The summed E-state index contributed by atoms with van der Waals surface area (Å²) in [7, 11) is -3.47. The highest BCUT2D eigenvalue weighted by Crippen LogP contribution is 2.20. The van der Waals surface area contributed by atoms with Crippen LogP contribution in [0.1, 0.15) is 18.5 Å². The Morgan fingerprint density at radius 3 is 2.65 bits per heavy atom. The molecule has 1 atom stereocenters. The number of hydrogen-bond acceptors (Lipinski definition) is 3. The number of aliphatic hydroxyl groups excluding tert-OH is 1. The first kappa shape index (κ1) is 14.4. The Morgan fingerprint density at radius 1 is 1.53 bits per heavy atom. The normalized spacial score (nSPS) is 13.6. The SMILES string of the molecule is CCS(=O)(=O)NC(CO)c1ccc(Cl)c(F)c1. The second kappa shape index (κ2) is 5.77. The lowest BCUT2D eigenvalue weighted by molar-refractivity contribution is 0.258. The van der Waals surface area contributed by atoms with E-state index in [0.29, 0.717) is 5.56 Å². The van der Waals surface area contributed by atoms with Gasteiger partial charge in [-0.3, -0.25) is 0 Å². The summed E-state index contributed by atoms with van der Waals surface area (Å²) < 4.78 is 38.2. The van der Waals surface area contributed by atoms with Gasteiger partial charge in [-0.2, -0.15) is 0 Å². The molecular formula is C10H13ClFNO3S. The Kier molecular flexibility index (Phi) is 4.88. The molecule has 1 aromatic rings. The molecule has 0 aliphatic rings. The van der Waals surface area contributed by atoms with Gasteiger partial charge in [-0.1, -0.05) is 17.7 Å². The van der Waals surface area contributed by atoms with Crippen LogP contribution in [0, 0.1) is 5.82 Å². The highest BCUT2D eigenvalue weighted by atomic mass is 35.5. The molecule has 0 spiro atoms. The van der Waals surface area contributed by atoms with E-state index in [1.807, 2.05) is 0 Å². The molecule has 96 valence electrons. The highest BCUT2D eigenvalue weighted by Gasteiger charge is 2.18. The first-order valence-corrected chi connectivity index (χ1v) is 6.98. The quantitative estimate of drug-likeness (QED) is 0.858. The van der Waals surface area contributed by atoms with E-state index in [1.54, 1.807) is 0 Å². The van der Waals surface area contributed by atoms with Crippen LogP contribution in [0.4, 0.5) is 4.39 Å². The second-order valence-electron chi connectivity index (χ2n) is 3.43. The molecule has 1 aromatic carbocycles. The van der Waals surface area contributed by atoms with Crippen molar-refractivity contribution in [2.75, 3.05) is 12.4 Å². The molecule has 4 nitrogen and oxygen atoms in total. The minimum absolute atomic E-state index is 0.0520. The summed E-state index contributed by atoms with van der Waals surface area (Å²) in [6.07, 6.45) is 0. The molecule has 0 aliphatic heterocycles. The van der Waals surface area contributed by atoms with Crippen LogP contribution < -0.4 is 4.72 Å². The number of halogens is 2. The van der Waals surface area contributed by atoms with E-state index in [0.717, 1.165) is 6.07 Å². The maximum atomic E-state index is 13.2. The van der Waals surface area contributed by atoms with Gasteiger partial charge in [0.15, 0.2) is 0 Å². The topological polar surface area (TPSA) is 66.4 Å². The van der Waals surface area contributed by atoms with Gasteiger partial charge < -0.3 is 5.11 Å². The van der Waals surface area contributed by atoms with Crippen LogP contribution in [0.2, 0.25) is 5.02 Å². The molecule has 1 unspecified atom stereocenters. The Morgan fingerprint density at radius 2 is 2.18 bits per heavy atom. The molecule has 0 heterocycles. The zero-order chi connectivity index (χ0) is 13.1. The fourth-order valence-corrected chi connectivity index (χ4v) is 2.17. The van der Waals surface area contributed by atoms with Crippen molar-refractivity contribution in [1.82, 2.24) is 4.72 Å². The number of rotatable bonds is 5. The van der Waals surface area contributed by atoms with Gasteiger partial charge >= 0.3 is 0 Å². The molecule has 0 aliphatic carbocycles. The van der Waals surface area contributed by atoms with Crippen LogP contribution >= 0.6 is 11.6 Å². The van der Waals surface area contributed by atoms with E-state index >= 15 is 0 Å². The molecule has 17 heavy (non-hydrogen) atoms. The maximum absolute atomic E-state index is 13.2. The van der Waals surface area contributed by atoms with Gasteiger partial charge in [0, 0.05) is 0 Å². The summed E-state index contributed by atoms with van der Waals surface area (Å²) in [5, 5.41) is 9.06. The lowest BCUT2D eigenvalue weighted by Gasteiger charge is -2.16. The number of benzene rings is 1. The fourth-order valence-electron chi connectivity index (χ4n) is 1.24. The number of sulfonamides is 1. The minimum Gasteiger partial charge on any atom is -0.394 e. The summed E-state index contributed by atoms with van der Waals surface area (Å²) in [5.74, 6) is -0.766. The first-order chi connectivity index (χ1) is 7.89. The smallest absolute Gasteiger partial charge is 0.211 e. The van der Waals surface area contributed by atoms with Crippen LogP contribution in [-0.2, 0) is 10.0 Å². The first-order valence-electron chi connectivity index (χ1n) is 4.95. The van der Waals surface area contributed by atoms with Gasteiger partial charge in [0.1, 0.15) is 5.82 Å². The fraction of sp³-hybridized carbons (Fsp3) is 0.400. The molecule has 0 radical (unpaired) electrons. The van der Waals surface area contributed by atoms with E-state index in [9.17, 15) is 12.8 Å². The maximum Gasteiger partial charge on any atom is 0.211 e. The van der Waals surface area contributed by atoms with Crippen molar-refractivity contribution < 1.29 is 17.9 Å². The molecule has 0 amide bonds. The van der Waals surface area contributed by atoms with Gasteiger partial charge in [0.25, 0.3) is 0 Å². The predicted molar refractivity (Wildman–Crippen MR) is 63.8 cm³/mol. The van der Waals surface area contributed by atoms with Gasteiger partial charge in [-0.25, -0.2) is 17.5 Å². The van der Waals surface area contributed by atoms with Crippen molar-refractivity contribution in [3.8, 4) is 0 Å². The third-order valence-electron chi connectivity index (χ3n) is 2.23. The van der Waals surface area contributed by atoms with Crippen LogP contribution in [0.15, 0.2) is 18.2 Å².